The van der Waals surface area contributed by atoms with Crippen LogP contribution in [0.3, 0.4) is 0 Å². The van der Waals surface area contributed by atoms with Crippen molar-refractivity contribution in [3.8, 4) is 5.75 Å². The first-order chi connectivity index (χ1) is 11.4. The highest BCUT2D eigenvalue weighted by atomic mass is 16.5. The summed E-state index contributed by atoms with van der Waals surface area (Å²) in [5.74, 6) is 1.20. The molecule has 1 aromatic carbocycles. The number of carbonyl (C=O) groups is 1. The van der Waals surface area contributed by atoms with E-state index in [9.17, 15) is 9.90 Å². The first kappa shape index (κ1) is 17.9. The molecule has 2 aromatic rings. The number of benzene rings is 1. The fourth-order valence-electron chi connectivity index (χ4n) is 2.27. The Bertz CT molecular complexity index is 636. The predicted octanol–water partition coefficient (Wildman–Crippen LogP) is 2.95. The molecule has 2 rings (SSSR count). The molecule has 2 amide bonds. The van der Waals surface area contributed by atoms with Gasteiger partial charge >= 0.3 is 6.03 Å². The first-order valence-electron chi connectivity index (χ1n) is 7.96. The summed E-state index contributed by atoms with van der Waals surface area (Å²) in [5.41, 5.74) is -0.296. The minimum atomic E-state index is -1.26. The van der Waals surface area contributed by atoms with E-state index < -0.39 is 5.60 Å². The molecule has 2 unspecified atom stereocenters. The second-order valence-corrected chi connectivity index (χ2v) is 5.80. The zero-order valence-corrected chi connectivity index (χ0v) is 14.2. The average molecular weight is 332 g/mol. The number of nitrogens with one attached hydrogen (secondary N) is 2. The van der Waals surface area contributed by atoms with Crippen molar-refractivity contribution in [1.29, 1.82) is 0 Å². The maximum absolute atomic E-state index is 12.0. The van der Waals surface area contributed by atoms with E-state index in [-0.39, 0.29) is 18.6 Å². The van der Waals surface area contributed by atoms with Crippen molar-refractivity contribution in [3.63, 3.8) is 0 Å². The Balaban J connectivity index is 1.85. The Morgan fingerprint density at radius 1 is 1.33 bits per heavy atom. The van der Waals surface area contributed by atoms with E-state index in [2.05, 4.69) is 10.6 Å². The molecule has 0 aliphatic rings. The van der Waals surface area contributed by atoms with Crippen LogP contribution in [0.15, 0.2) is 47.1 Å². The highest BCUT2D eigenvalue weighted by molar-refractivity contribution is 5.74. The van der Waals surface area contributed by atoms with Crippen LogP contribution in [-0.2, 0) is 5.60 Å². The van der Waals surface area contributed by atoms with Crippen LogP contribution in [-0.4, -0.2) is 24.3 Å². The third kappa shape index (κ3) is 4.76. The monoisotopic (exact) mass is 332 g/mol. The summed E-state index contributed by atoms with van der Waals surface area (Å²) in [7, 11) is 0. The molecule has 3 N–H and O–H groups in total. The van der Waals surface area contributed by atoms with Gasteiger partial charge in [-0.25, -0.2) is 4.79 Å². The lowest BCUT2D eigenvalue weighted by molar-refractivity contribution is 0.0366. The predicted molar refractivity (Wildman–Crippen MR) is 90.8 cm³/mol. The number of rotatable bonds is 7. The lowest BCUT2D eigenvalue weighted by Gasteiger charge is -2.22. The summed E-state index contributed by atoms with van der Waals surface area (Å²) in [6.07, 6.45) is 1.48. The third-order valence-corrected chi connectivity index (χ3v) is 3.68. The minimum Gasteiger partial charge on any atom is -0.494 e. The van der Waals surface area contributed by atoms with Gasteiger partial charge in [0.15, 0.2) is 0 Å². The molecule has 6 nitrogen and oxygen atoms in total. The smallest absolute Gasteiger partial charge is 0.315 e. The largest absolute Gasteiger partial charge is 0.494 e. The van der Waals surface area contributed by atoms with Crippen LogP contribution in [0.2, 0.25) is 0 Å². The molecule has 0 saturated heterocycles. The van der Waals surface area contributed by atoms with Crippen LogP contribution in [0, 0.1) is 0 Å². The van der Waals surface area contributed by atoms with Crippen LogP contribution in [0.5, 0.6) is 5.75 Å². The van der Waals surface area contributed by atoms with Crippen LogP contribution >= 0.6 is 0 Å². The van der Waals surface area contributed by atoms with Crippen molar-refractivity contribution in [2.45, 2.75) is 32.4 Å². The molecule has 1 aromatic heterocycles. The van der Waals surface area contributed by atoms with Gasteiger partial charge in [0.05, 0.1) is 25.5 Å². The second-order valence-electron chi connectivity index (χ2n) is 5.80. The highest BCUT2D eigenvalue weighted by Gasteiger charge is 2.27. The molecule has 0 bridgehead atoms. The van der Waals surface area contributed by atoms with Gasteiger partial charge in [-0.2, -0.15) is 0 Å². The van der Waals surface area contributed by atoms with Crippen LogP contribution in [0.25, 0.3) is 0 Å². The third-order valence-electron chi connectivity index (χ3n) is 3.68. The van der Waals surface area contributed by atoms with Gasteiger partial charge in [0.1, 0.15) is 17.1 Å². The van der Waals surface area contributed by atoms with E-state index in [0.29, 0.717) is 12.4 Å². The lowest BCUT2D eigenvalue weighted by Crippen LogP contribution is -2.44. The summed E-state index contributed by atoms with van der Waals surface area (Å²) in [6.45, 7) is 6.06. The van der Waals surface area contributed by atoms with Gasteiger partial charge in [0, 0.05) is 0 Å². The molecule has 0 radical (unpaired) electrons. The molecular weight excluding hydrogens is 308 g/mol. The van der Waals surface area contributed by atoms with E-state index in [1.807, 2.05) is 38.1 Å². The van der Waals surface area contributed by atoms with Crippen molar-refractivity contribution < 1.29 is 19.1 Å². The summed E-state index contributed by atoms with van der Waals surface area (Å²) in [5, 5.41) is 15.8. The van der Waals surface area contributed by atoms with Gasteiger partial charge in [-0.15, -0.1) is 0 Å². The van der Waals surface area contributed by atoms with Gasteiger partial charge in [-0.1, -0.05) is 12.1 Å². The Morgan fingerprint density at radius 2 is 2.04 bits per heavy atom. The molecule has 0 saturated carbocycles. The number of carbonyl (C=O) groups excluding carboxylic acids is 1. The van der Waals surface area contributed by atoms with Gasteiger partial charge in [-0.3, -0.25) is 0 Å². The maximum atomic E-state index is 12.0. The second kappa shape index (κ2) is 7.88. The Labute approximate surface area is 141 Å². The van der Waals surface area contributed by atoms with Gasteiger partial charge < -0.3 is 24.9 Å². The Kier molecular flexibility index (Phi) is 5.87. The molecule has 2 atom stereocenters. The zero-order valence-electron chi connectivity index (χ0n) is 14.2. The Morgan fingerprint density at radius 3 is 2.62 bits per heavy atom. The molecular formula is C18H24N2O4. The van der Waals surface area contributed by atoms with E-state index in [1.165, 1.54) is 6.26 Å². The fourth-order valence-corrected chi connectivity index (χ4v) is 2.27. The normalized spacial score (nSPS) is 14.5. The molecule has 1 heterocycles. The zero-order chi connectivity index (χ0) is 17.6. The van der Waals surface area contributed by atoms with E-state index in [0.717, 1.165) is 11.3 Å². The number of ether oxygens (including phenoxy) is 1. The highest BCUT2D eigenvalue weighted by Crippen LogP contribution is 2.20. The van der Waals surface area contributed by atoms with Gasteiger partial charge in [0.25, 0.3) is 0 Å². The lowest BCUT2D eigenvalue weighted by atomic mass is 10.0. The molecule has 130 valence electrons. The first-order valence-corrected chi connectivity index (χ1v) is 7.96. The van der Waals surface area contributed by atoms with Crippen molar-refractivity contribution in [1.82, 2.24) is 10.6 Å². The van der Waals surface area contributed by atoms with Gasteiger partial charge in [0.2, 0.25) is 0 Å². The Hall–Kier alpha value is -2.47. The van der Waals surface area contributed by atoms with Crippen LogP contribution in [0.1, 0.15) is 38.1 Å². The van der Waals surface area contributed by atoms with Crippen molar-refractivity contribution in [3.05, 3.63) is 54.0 Å². The summed E-state index contributed by atoms with van der Waals surface area (Å²) >= 11 is 0. The number of hydrogen-bond acceptors (Lipinski definition) is 4. The molecule has 6 heteroatoms. The summed E-state index contributed by atoms with van der Waals surface area (Å²) in [4.78, 5) is 12.0. The standard InChI is InChI=1S/C18H24N2O4/c1-4-23-15-9-7-14(8-10-15)13(2)20-17(21)19-12-18(3,22)16-6-5-11-24-16/h5-11,13,22H,4,12H2,1-3H3,(H2,19,20,21). The SMILES string of the molecule is CCOc1ccc(C(C)NC(=O)NCC(C)(O)c2ccco2)cc1. The molecule has 0 aliphatic heterocycles. The molecule has 0 spiro atoms. The number of urea groups is 1. The summed E-state index contributed by atoms with van der Waals surface area (Å²) in [6, 6.07) is 10.4. The van der Waals surface area contributed by atoms with Crippen molar-refractivity contribution >= 4 is 6.03 Å². The maximum Gasteiger partial charge on any atom is 0.315 e. The van der Waals surface area contributed by atoms with Crippen LogP contribution < -0.4 is 15.4 Å². The van der Waals surface area contributed by atoms with E-state index >= 15 is 0 Å². The minimum absolute atomic E-state index is 0.0440. The van der Waals surface area contributed by atoms with E-state index in [1.54, 1.807) is 19.1 Å². The molecule has 0 aliphatic carbocycles. The van der Waals surface area contributed by atoms with Crippen LogP contribution in [0.4, 0.5) is 4.79 Å². The quantitative estimate of drug-likeness (QED) is 0.728. The number of amides is 2. The number of furan rings is 1. The number of hydrogen-bond donors (Lipinski definition) is 3. The molecule has 24 heavy (non-hydrogen) atoms. The van der Waals surface area contributed by atoms with Crippen molar-refractivity contribution in [2.24, 2.45) is 0 Å². The van der Waals surface area contributed by atoms with E-state index in [4.69, 9.17) is 9.15 Å². The van der Waals surface area contributed by atoms with Gasteiger partial charge in [-0.05, 0) is 50.6 Å². The summed E-state index contributed by atoms with van der Waals surface area (Å²) < 4.78 is 10.6. The van der Waals surface area contributed by atoms with Crippen molar-refractivity contribution in [2.75, 3.05) is 13.2 Å². The fraction of sp³-hybridized carbons (Fsp3) is 0.389. The topological polar surface area (TPSA) is 83.7 Å². The molecule has 0 fully saturated rings. The average Bonchev–Trinajstić information content (AvgIpc) is 3.09. The number of aliphatic hydroxyl groups is 1.